The standard InChI is InChI=1S/C14H21FN2O/c1-3-6-17-14(18)12(9-16)7-11-5-4-10(2)13(15)8-11/h4-5,8,12H,3,6-7,9,16H2,1-2H3,(H,17,18). The summed E-state index contributed by atoms with van der Waals surface area (Å²) < 4.78 is 13.4. The fourth-order valence-electron chi connectivity index (χ4n) is 1.72. The van der Waals surface area contributed by atoms with Crippen LogP contribution in [0.25, 0.3) is 0 Å². The third-order valence-electron chi connectivity index (χ3n) is 2.92. The van der Waals surface area contributed by atoms with Crippen LogP contribution in [0.15, 0.2) is 18.2 Å². The van der Waals surface area contributed by atoms with Crippen LogP contribution in [0.4, 0.5) is 4.39 Å². The van der Waals surface area contributed by atoms with Gasteiger partial charge in [-0.2, -0.15) is 0 Å². The zero-order valence-electron chi connectivity index (χ0n) is 11.0. The summed E-state index contributed by atoms with van der Waals surface area (Å²) in [5.41, 5.74) is 7.02. The number of benzene rings is 1. The van der Waals surface area contributed by atoms with Gasteiger partial charge >= 0.3 is 0 Å². The summed E-state index contributed by atoms with van der Waals surface area (Å²) in [6.45, 7) is 4.63. The molecule has 1 unspecified atom stereocenters. The third-order valence-corrected chi connectivity index (χ3v) is 2.92. The maximum atomic E-state index is 13.4. The molecule has 3 nitrogen and oxygen atoms in total. The van der Waals surface area contributed by atoms with Crippen molar-refractivity contribution in [2.45, 2.75) is 26.7 Å². The van der Waals surface area contributed by atoms with Gasteiger partial charge in [0, 0.05) is 13.1 Å². The summed E-state index contributed by atoms with van der Waals surface area (Å²) in [4.78, 5) is 11.8. The molecule has 0 saturated carbocycles. The van der Waals surface area contributed by atoms with Gasteiger partial charge in [0.05, 0.1) is 5.92 Å². The summed E-state index contributed by atoms with van der Waals surface area (Å²) in [6.07, 6.45) is 1.37. The van der Waals surface area contributed by atoms with Crippen molar-refractivity contribution in [3.05, 3.63) is 35.1 Å². The summed E-state index contributed by atoms with van der Waals surface area (Å²) >= 11 is 0. The third kappa shape index (κ3) is 4.11. The zero-order chi connectivity index (χ0) is 13.5. The highest BCUT2D eigenvalue weighted by molar-refractivity contribution is 5.79. The van der Waals surface area contributed by atoms with Crippen LogP contribution in [0.5, 0.6) is 0 Å². The Morgan fingerprint density at radius 1 is 1.50 bits per heavy atom. The van der Waals surface area contributed by atoms with Crippen molar-refractivity contribution >= 4 is 5.91 Å². The summed E-state index contributed by atoms with van der Waals surface area (Å²) in [5, 5.41) is 2.82. The number of aryl methyl sites for hydroxylation is 1. The van der Waals surface area contributed by atoms with Gasteiger partial charge in [0.2, 0.25) is 5.91 Å². The second kappa shape index (κ2) is 7.11. The molecule has 18 heavy (non-hydrogen) atoms. The van der Waals surface area contributed by atoms with E-state index in [1.54, 1.807) is 13.0 Å². The van der Waals surface area contributed by atoms with Crippen LogP contribution in [-0.2, 0) is 11.2 Å². The first-order valence-corrected chi connectivity index (χ1v) is 6.31. The lowest BCUT2D eigenvalue weighted by molar-refractivity contribution is -0.124. The van der Waals surface area contributed by atoms with E-state index in [4.69, 9.17) is 5.73 Å². The van der Waals surface area contributed by atoms with Gasteiger partial charge in [-0.3, -0.25) is 4.79 Å². The number of nitrogens with two attached hydrogens (primary N) is 1. The molecule has 3 N–H and O–H groups in total. The van der Waals surface area contributed by atoms with Crippen LogP contribution < -0.4 is 11.1 Å². The molecule has 0 aromatic heterocycles. The van der Waals surface area contributed by atoms with E-state index < -0.39 is 0 Å². The molecule has 0 aliphatic heterocycles. The summed E-state index contributed by atoms with van der Waals surface area (Å²) in [6, 6.07) is 5.04. The molecule has 1 rings (SSSR count). The molecule has 0 aliphatic carbocycles. The van der Waals surface area contributed by atoms with E-state index in [0.29, 0.717) is 18.5 Å². The Bertz CT molecular complexity index is 407. The van der Waals surface area contributed by atoms with Crippen LogP contribution in [-0.4, -0.2) is 19.0 Å². The number of rotatable bonds is 6. The number of carbonyl (C=O) groups is 1. The van der Waals surface area contributed by atoms with Gasteiger partial charge in [-0.15, -0.1) is 0 Å². The smallest absolute Gasteiger partial charge is 0.224 e. The van der Waals surface area contributed by atoms with Crippen LogP contribution in [0.2, 0.25) is 0 Å². The van der Waals surface area contributed by atoms with Crippen molar-refractivity contribution in [3.63, 3.8) is 0 Å². The normalized spacial score (nSPS) is 12.2. The Hall–Kier alpha value is -1.42. The van der Waals surface area contributed by atoms with Crippen LogP contribution >= 0.6 is 0 Å². The van der Waals surface area contributed by atoms with Crippen LogP contribution in [0, 0.1) is 18.7 Å². The second-order valence-electron chi connectivity index (χ2n) is 4.51. The SMILES string of the molecule is CCCNC(=O)C(CN)Cc1ccc(C)c(F)c1. The molecule has 1 aromatic rings. The molecule has 0 saturated heterocycles. The van der Waals surface area contributed by atoms with Gasteiger partial charge < -0.3 is 11.1 Å². The predicted octanol–water partition coefficient (Wildman–Crippen LogP) is 1.78. The van der Waals surface area contributed by atoms with E-state index >= 15 is 0 Å². The molecule has 1 atom stereocenters. The van der Waals surface area contributed by atoms with Crippen LogP contribution in [0.1, 0.15) is 24.5 Å². The number of hydrogen-bond acceptors (Lipinski definition) is 2. The quantitative estimate of drug-likeness (QED) is 0.811. The molecular formula is C14H21FN2O. The monoisotopic (exact) mass is 252 g/mol. The molecule has 4 heteroatoms. The highest BCUT2D eigenvalue weighted by Gasteiger charge is 2.17. The molecule has 0 spiro atoms. The number of nitrogens with one attached hydrogen (secondary N) is 1. The highest BCUT2D eigenvalue weighted by atomic mass is 19.1. The lowest BCUT2D eigenvalue weighted by Gasteiger charge is -2.15. The largest absolute Gasteiger partial charge is 0.356 e. The van der Waals surface area contributed by atoms with Crippen molar-refractivity contribution in [3.8, 4) is 0 Å². The van der Waals surface area contributed by atoms with Crippen molar-refractivity contribution in [1.82, 2.24) is 5.32 Å². The number of carbonyl (C=O) groups excluding carboxylic acids is 1. The first-order chi connectivity index (χ1) is 8.58. The Labute approximate surface area is 108 Å². The predicted molar refractivity (Wildman–Crippen MR) is 70.7 cm³/mol. The lowest BCUT2D eigenvalue weighted by atomic mass is 9.97. The minimum atomic E-state index is -0.293. The molecule has 0 fully saturated rings. The number of amides is 1. The Balaban J connectivity index is 2.67. The molecular weight excluding hydrogens is 231 g/mol. The minimum absolute atomic E-state index is 0.0552. The highest BCUT2D eigenvalue weighted by Crippen LogP contribution is 2.13. The average molecular weight is 252 g/mol. The van der Waals surface area contributed by atoms with E-state index in [9.17, 15) is 9.18 Å². The Morgan fingerprint density at radius 3 is 2.78 bits per heavy atom. The van der Waals surface area contributed by atoms with E-state index in [1.165, 1.54) is 6.07 Å². The maximum absolute atomic E-state index is 13.4. The van der Waals surface area contributed by atoms with Crippen molar-refractivity contribution < 1.29 is 9.18 Å². The van der Waals surface area contributed by atoms with Crippen molar-refractivity contribution in [1.29, 1.82) is 0 Å². The number of halogens is 1. The molecule has 1 amide bonds. The van der Waals surface area contributed by atoms with Gasteiger partial charge in [-0.25, -0.2) is 4.39 Å². The van der Waals surface area contributed by atoms with Crippen molar-refractivity contribution in [2.75, 3.05) is 13.1 Å². The maximum Gasteiger partial charge on any atom is 0.224 e. The number of hydrogen-bond donors (Lipinski definition) is 2. The van der Waals surface area contributed by atoms with Crippen molar-refractivity contribution in [2.24, 2.45) is 11.7 Å². The van der Waals surface area contributed by atoms with Gasteiger partial charge in [-0.1, -0.05) is 19.1 Å². The fourth-order valence-corrected chi connectivity index (χ4v) is 1.72. The molecule has 100 valence electrons. The zero-order valence-corrected chi connectivity index (χ0v) is 11.0. The average Bonchev–Trinajstić information content (AvgIpc) is 2.37. The molecule has 0 radical (unpaired) electrons. The lowest BCUT2D eigenvalue weighted by Crippen LogP contribution is -2.36. The van der Waals surface area contributed by atoms with Gasteiger partial charge in [0.25, 0.3) is 0 Å². The van der Waals surface area contributed by atoms with Crippen LogP contribution in [0.3, 0.4) is 0 Å². The Morgan fingerprint density at radius 2 is 2.22 bits per heavy atom. The van der Waals surface area contributed by atoms with Gasteiger partial charge in [-0.05, 0) is 37.0 Å². The van der Waals surface area contributed by atoms with E-state index in [1.807, 2.05) is 13.0 Å². The molecule has 0 bridgehead atoms. The first kappa shape index (κ1) is 14.6. The molecule has 0 aliphatic rings. The van der Waals surface area contributed by atoms with Gasteiger partial charge in [0.1, 0.15) is 5.82 Å². The van der Waals surface area contributed by atoms with E-state index in [0.717, 1.165) is 12.0 Å². The summed E-state index contributed by atoms with van der Waals surface area (Å²) in [7, 11) is 0. The first-order valence-electron chi connectivity index (χ1n) is 6.31. The summed E-state index contributed by atoms with van der Waals surface area (Å²) in [5.74, 6) is -0.587. The molecule has 0 heterocycles. The second-order valence-corrected chi connectivity index (χ2v) is 4.51. The van der Waals surface area contributed by atoms with Gasteiger partial charge in [0.15, 0.2) is 0 Å². The molecule has 1 aromatic carbocycles. The topological polar surface area (TPSA) is 55.1 Å². The minimum Gasteiger partial charge on any atom is -0.356 e. The van der Waals surface area contributed by atoms with E-state index in [-0.39, 0.29) is 24.2 Å². The fraction of sp³-hybridized carbons (Fsp3) is 0.500. The van der Waals surface area contributed by atoms with E-state index in [2.05, 4.69) is 5.32 Å². The Kier molecular flexibility index (Phi) is 5.78.